The molecule has 0 aromatic carbocycles. The van der Waals surface area contributed by atoms with Crippen LogP contribution in [0, 0.1) is 11.8 Å². The topological polar surface area (TPSA) is 85.3 Å². The predicted octanol–water partition coefficient (Wildman–Crippen LogP) is 4.46. The van der Waals surface area contributed by atoms with Crippen molar-refractivity contribution in [1.29, 1.82) is 0 Å². The van der Waals surface area contributed by atoms with Gasteiger partial charge in [-0.1, -0.05) is 0 Å². The van der Waals surface area contributed by atoms with E-state index in [0.717, 1.165) is 12.8 Å². The van der Waals surface area contributed by atoms with Gasteiger partial charge in [0.15, 0.2) is 0 Å². The number of imidazole rings is 1. The van der Waals surface area contributed by atoms with Gasteiger partial charge in [0.05, 0.1) is 29.9 Å². The molecule has 2 atom stereocenters. The number of carbonyl (C=O) groups is 1. The molecule has 2 unspecified atom stereocenters. The highest BCUT2D eigenvalue weighted by Gasteiger charge is 2.38. The van der Waals surface area contributed by atoms with E-state index in [2.05, 4.69) is 15.3 Å². The number of hydrogen-bond acceptors (Lipinski definition) is 4. The molecular weight excluding hydrogens is 433 g/mol. The normalized spacial score (nSPS) is 21.4. The Morgan fingerprint density at radius 3 is 2.44 bits per heavy atom. The van der Waals surface area contributed by atoms with Crippen molar-refractivity contribution in [2.45, 2.75) is 75.5 Å². The molecule has 0 saturated heterocycles. The Morgan fingerprint density at radius 2 is 1.81 bits per heavy atom. The Bertz CT molecular complexity index is 961. The second-order valence-electron chi connectivity index (χ2n) is 8.94. The van der Waals surface area contributed by atoms with Crippen LogP contribution in [0.2, 0.25) is 0 Å². The summed E-state index contributed by atoms with van der Waals surface area (Å²) in [7, 11) is 0. The van der Waals surface area contributed by atoms with E-state index in [1.807, 2.05) is 0 Å². The molecule has 4 rings (SSSR count). The monoisotopic (exact) mass is 459 g/mol. The van der Waals surface area contributed by atoms with Crippen LogP contribution in [0.3, 0.4) is 0 Å². The van der Waals surface area contributed by atoms with Gasteiger partial charge >= 0.3 is 6.18 Å². The molecule has 2 aliphatic carbocycles. The van der Waals surface area contributed by atoms with E-state index in [0.29, 0.717) is 30.0 Å². The number of alkyl halides is 5. The van der Waals surface area contributed by atoms with Gasteiger partial charge in [-0.2, -0.15) is 13.2 Å². The van der Waals surface area contributed by atoms with Crippen LogP contribution in [0.5, 0.6) is 0 Å². The number of amides is 1. The lowest BCUT2D eigenvalue weighted by Gasteiger charge is -2.31. The fraction of sp³-hybridized carbons (Fsp3) is 0.667. The highest BCUT2D eigenvalue weighted by molar-refractivity contribution is 5.76. The van der Waals surface area contributed by atoms with E-state index in [9.17, 15) is 26.7 Å². The van der Waals surface area contributed by atoms with Crippen LogP contribution >= 0.6 is 0 Å². The average Bonchev–Trinajstić information content (AvgIpc) is 3.47. The van der Waals surface area contributed by atoms with Crippen molar-refractivity contribution in [3.63, 3.8) is 0 Å². The molecule has 2 saturated carbocycles. The first-order chi connectivity index (χ1) is 15.0. The largest absolute Gasteiger partial charge is 0.389 e. The number of halogens is 5. The van der Waals surface area contributed by atoms with Crippen molar-refractivity contribution in [1.82, 2.24) is 19.7 Å². The van der Waals surface area contributed by atoms with Crippen molar-refractivity contribution in [3.8, 4) is 0 Å². The SMILES string of the molecule is NC(c1cn2ccc(C(NC(=O)CCC(F)(F)F)C3CC3)nc2n1)C1CCC(F)(F)CC1. The highest BCUT2D eigenvalue weighted by atomic mass is 19.4. The molecule has 3 N–H and O–H groups in total. The van der Waals surface area contributed by atoms with Gasteiger partial charge in [0.25, 0.3) is 0 Å². The summed E-state index contributed by atoms with van der Waals surface area (Å²) in [6, 6.07) is 0.741. The van der Waals surface area contributed by atoms with E-state index in [1.165, 1.54) is 0 Å². The van der Waals surface area contributed by atoms with Gasteiger partial charge in [-0.05, 0) is 43.6 Å². The third kappa shape index (κ3) is 5.54. The quantitative estimate of drug-likeness (QED) is 0.599. The molecule has 32 heavy (non-hydrogen) atoms. The molecule has 2 aromatic rings. The standard InChI is InChI=1S/C21H26F5N5O/c22-20(23)7-3-12(4-8-20)17(27)15-11-31-10-6-14(28-19(31)29-15)18(13-1-2-13)30-16(32)5-9-21(24,25)26/h6,10-13,17-18H,1-5,7-9,27H2,(H,30,32). The van der Waals surface area contributed by atoms with Crippen LogP contribution in [0.4, 0.5) is 22.0 Å². The van der Waals surface area contributed by atoms with Crippen molar-refractivity contribution in [2.75, 3.05) is 0 Å². The van der Waals surface area contributed by atoms with Crippen LogP contribution < -0.4 is 11.1 Å². The van der Waals surface area contributed by atoms with Gasteiger partial charge in [-0.15, -0.1) is 0 Å². The number of nitrogens with two attached hydrogens (primary N) is 1. The van der Waals surface area contributed by atoms with E-state index in [1.54, 1.807) is 22.9 Å². The number of hydrogen-bond donors (Lipinski definition) is 2. The van der Waals surface area contributed by atoms with Crippen molar-refractivity contribution < 1.29 is 26.7 Å². The van der Waals surface area contributed by atoms with Gasteiger partial charge < -0.3 is 11.1 Å². The molecule has 2 fully saturated rings. The van der Waals surface area contributed by atoms with Crippen molar-refractivity contribution in [2.24, 2.45) is 17.6 Å². The zero-order chi connectivity index (χ0) is 23.1. The van der Waals surface area contributed by atoms with Crippen molar-refractivity contribution in [3.05, 3.63) is 29.8 Å². The second-order valence-corrected chi connectivity index (χ2v) is 8.94. The predicted molar refractivity (Wildman–Crippen MR) is 106 cm³/mol. The fourth-order valence-electron chi connectivity index (χ4n) is 4.26. The Hall–Kier alpha value is -2.30. The van der Waals surface area contributed by atoms with E-state index >= 15 is 0 Å². The summed E-state index contributed by atoms with van der Waals surface area (Å²) in [6.07, 6.45) is -0.746. The Kier molecular flexibility index (Phi) is 6.12. The molecule has 0 aliphatic heterocycles. The van der Waals surface area contributed by atoms with Gasteiger partial charge in [0.2, 0.25) is 17.6 Å². The molecule has 2 heterocycles. The van der Waals surface area contributed by atoms with Gasteiger partial charge in [-0.3, -0.25) is 9.20 Å². The lowest BCUT2D eigenvalue weighted by molar-refractivity contribution is -0.144. The van der Waals surface area contributed by atoms with Crippen molar-refractivity contribution >= 4 is 11.7 Å². The number of carbonyl (C=O) groups excluding carboxylic acids is 1. The number of fused-ring (bicyclic) bond motifs is 1. The minimum atomic E-state index is -4.39. The molecular formula is C21H26F5N5O. The van der Waals surface area contributed by atoms with Gasteiger partial charge in [0, 0.05) is 31.7 Å². The zero-order valence-corrected chi connectivity index (χ0v) is 17.4. The Balaban J connectivity index is 1.47. The van der Waals surface area contributed by atoms with Gasteiger partial charge in [0.1, 0.15) is 0 Å². The Labute approximate surface area is 181 Å². The summed E-state index contributed by atoms with van der Waals surface area (Å²) in [5.74, 6) is -2.91. The van der Waals surface area contributed by atoms with Crippen LogP contribution in [0.1, 0.15) is 74.8 Å². The van der Waals surface area contributed by atoms with Gasteiger partial charge in [-0.25, -0.2) is 18.7 Å². The maximum absolute atomic E-state index is 13.4. The molecule has 0 radical (unpaired) electrons. The fourth-order valence-corrected chi connectivity index (χ4v) is 4.26. The summed E-state index contributed by atoms with van der Waals surface area (Å²) in [6.45, 7) is 0. The number of nitrogens with one attached hydrogen (secondary N) is 1. The third-order valence-electron chi connectivity index (χ3n) is 6.34. The molecule has 11 heteroatoms. The first-order valence-electron chi connectivity index (χ1n) is 10.9. The van der Waals surface area contributed by atoms with Crippen LogP contribution in [-0.2, 0) is 4.79 Å². The molecule has 2 aliphatic rings. The second kappa shape index (κ2) is 8.57. The summed E-state index contributed by atoms with van der Waals surface area (Å²) in [4.78, 5) is 21.0. The first-order valence-corrected chi connectivity index (χ1v) is 10.9. The van der Waals surface area contributed by atoms with E-state index < -0.39 is 42.9 Å². The molecule has 0 spiro atoms. The lowest BCUT2D eigenvalue weighted by atomic mass is 9.81. The maximum Gasteiger partial charge on any atom is 0.389 e. The molecule has 1 amide bonds. The first kappa shape index (κ1) is 22.9. The summed E-state index contributed by atoms with van der Waals surface area (Å²) in [5.41, 5.74) is 7.40. The Morgan fingerprint density at radius 1 is 1.16 bits per heavy atom. The van der Waals surface area contributed by atoms with Crippen LogP contribution in [-0.4, -0.2) is 32.4 Å². The highest BCUT2D eigenvalue weighted by Crippen LogP contribution is 2.42. The molecule has 6 nitrogen and oxygen atoms in total. The van der Waals surface area contributed by atoms with Crippen LogP contribution in [0.25, 0.3) is 5.78 Å². The lowest BCUT2D eigenvalue weighted by Crippen LogP contribution is -2.31. The molecule has 176 valence electrons. The number of rotatable bonds is 7. The van der Waals surface area contributed by atoms with E-state index in [-0.39, 0.29) is 24.7 Å². The summed E-state index contributed by atoms with van der Waals surface area (Å²) < 4.78 is 65.8. The third-order valence-corrected chi connectivity index (χ3v) is 6.34. The summed E-state index contributed by atoms with van der Waals surface area (Å²) in [5, 5.41) is 2.69. The zero-order valence-electron chi connectivity index (χ0n) is 17.4. The van der Waals surface area contributed by atoms with Crippen LogP contribution in [0.15, 0.2) is 18.5 Å². The number of aromatic nitrogens is 3. The smallest absolute Gasteiger partial charge is 0.347 e. The van der Waals surface area contributed by atoms with E-state index in [4.69, 9.17) is 5.73 Å². The maximum atomic E-state index is 13.4. The minimum Gasteiger partial charge on any atom is -0.347 e. The molecule has 2 aromatic heterocycles. The summed E-state index contributed by atoms with van der Waals surface area (Å²) >= 11 is 0. The molecule has 0 bridgehead atoms. The number of nitrogens with zero attached hydrogens (tertiary/aromatic N) is 3. The average molecular weight is 459 g/mol. The minimum absolute atomic E-state index is 0.0915.